The van der Waals surface area contributed by atoms with Crippen molar-refractivity contribution in [3.63, 3.8) is 0 Å². The quantitative estimate of drug-likeness (QED) is 0.434. The molecule has 0 atom stereocenters. The molecule has 1 aliphatic carbocycles. The van der Waals surface area contributed by atoms with E-state index in [1.807, 2.05) is 23.1 Å². The van der Waals surface area contributed by atoms with E-state index < -0.39 is 0 Å². The highest BCUT2D eigenvalue weighted by atomic mass is 35.5. The van der Waals surface area contributed by atoms with E-state index in [-0.39, 0.29) is 24.4 Å². The topological polar surface area (TPSA) is 69.6 Å². The molecule has 1 saturated carbocycles. The summed E-state index contributed by atoms with van der Waals surface area (Å²) in [5.74, 6) is 0.577. The van der Waals surface area contributed by atoms with Gasteiger partial charge in [0, 0.05) is 53.4 Å². The van der Waals surface area contributed by atoms with Gasteiger partial charge in [0.15, 0.2) is 5.82 Å². The van der Waals surface area contributed by atoms with Gasteiger partial charge in [-0.3, -0.25) is 9.59 Å². The molecule has 0 unspecified atom stereocenters. The SMILES string of the molecule is O=C(CN(C(=O)c1ccc(Cl)cc1)C1CC1)N1CCN(c2ccc(-c3ccc(Cl)cc3Cl)nn2)CC1. The van der Waals surface area contributed by atoms with E-state index >= 15 is 0 Å². The van der Waals surface area contributed by atoms with Crippen LogP contribution in [0.1, 0.15) is 23.2 Å². The molecule has 10 heteroatoms. The van der Waals surface area contributed by atoms with E-state index in [1.54, 1.807) is 41.3 Å². The van der Waals surface area contributed by atoms with Gasteiger partial charge in [-0.25, -0.2) is 0 Å². The van der Waals surface area contributed by atoms with Crippen LogP contribution < -0.4 is 4.90 Å². The van der Waals surface area contributed by atoms with Gasteiger partial charge in [-0.1, -0.05) is 34.8 Å². The predicted octanol–water partition coefficient (Wildman–Crippen LogP) is 5.06. The number of amides is 2. The van der Waals surface area contributed by atoms with Crippen molar-refractivity contribution in [2.45, 2.75) is 18.9 Å². The van der Waals surface area contributed by atoms with Gasteiger partial charge in [0.25, 0.3) is 5.91 Å². The Morgan fingerprint density at radius 2 is 1.56 bits per heavy atom. The maximum atomic E-state index is 13.1. The van der Waals surface area contributed by atoms with E-state index in [4.69, 9.17) is 34.8 Å². The third-order valence-corrected chi connectivity index (χ3v) is 7.26. The molecule has 7 nitrogen and oxygen atoms in total. The number of nitrogens with zero attached hydrogens (tertiary/aromatic N) is 5. The van der Waals surface area contributed by atoms with Crippen LogP contribution in [-0.4, -0.2) is 70.6 Å². The molecule has 2 aromatic carbocycles. The van der Waals surface area contributed by atoms with Crippen LogP contribution in [0.25, 0.3) is 11.3 Å². The van der Waals surface area contributed by atoms with Crippen LogP contribution in [-0.2, 0) is 4.79 Å². The Bertz CT molecular complexity index is 1260. The second-order valence-corrected chi connectivity index (χ2v) is 10.2. The molecule has 3 aromatic rings. The van der Waals surface area contributed by atoms with E-state index in [1.165, 1.54) is 0 Å². The van der Waals surface area contributed by atoms with Crippen molar-refractivity contribution in [3.8, 4) is 11.3 Å². The molecule has 1 saturated heterocycles. The smallest absolute Gasteiger partial charge is 0.254 e. The van der Waals surface area contributed by atoms with Crippen LogP contribution in [0.3, 0.4) is 0 Å². The highest BCUT2D eigenvalue weighted by Crippen LogP contribution is 2.30. The maximum absolute atomic E-state index is 13.1. The van der Waals surface area contributed by atoms with Gasteiger partial charge in [-0.05, 0) is 67.4 Å². The maximum Gasteiger partial charge on any atom is 0.254 e. The number of anilines is 1. The third kappa shape index (κ3) is 5.59. The summed E-state index contributed by atoms with van der Waals surface area (Å²) >= 11 is 18.2. The first-order valence-electron chi connectivity index (χ1n) is 11.8. The largest absolute Gasteiger partial charge is 0.352 e. The Hall–Kier alpha value is -2.87. The summed E-state index contributed by atoms with van der Waals surface area (Å²) in [5.41, 5.74) is 1.98. The molecule has 1 aromatic heterocycles. The van der Waals surface area contributed by atoms with Crippen LogP contribution in [0.5, 0.6) is 0 Å². The van der Waals surface area contributed by atoms with Crippen LogP contribution in [0.15, 0.2) is 54.6 Å². The molecule has 0 N–H and O–H groups in total. The molecule has 5 rings (SSSR count). The standard InChI is InChI=1S/C26H24Cl3N5O2/c27-18-3-1-17(2-4-18)26(36)34(20-6-7-20)16-25(35)33-13-11-32(12-14-33)24-10-9-23(30-31-24)21-8-5-19(28)15-22(21)29/h1-5,8-10,15,20H,6-7,11-14,16H2. The lowest BCUT2D eigenvalue weighted by Gasteiger charge is -2.36. The second kappa shape index (κ2) is 10.6. The Balaban J connectivity index is 1.18. The Kier molecular flexibility index (Phi) is 7.32. The third-order valence-electron chi connectivity index (χ3n) is 6.46. The van der Waals surface area contributed by atoms with Crippen molar-refractivity contribution in [2.75, 3.05) is 37.6 Å². The molecule has 2 heterocycles. The summed E-state index contributed by atoms with van der Waals surface area (Å²) in [6.07, 6.45) is 1.85. The molecule has 2 aliphatic rings. The first-order chi connectivity index (χ1) is 17.4. The summed E-state index contributed by atoms with van der Waals surface area (Å²) in [4.78, 5) is 31.7. The molecular weight excluding hydrogens is 521 g/mol. The average Bonchev–Trinajstić information content (AvgIpc) is 3.73. The molecule has 1 aliphatic heterocycles. The van der Waals surface area contributed by atoms with Gasteiger partial charge in [0.2, 0.25) is 5.91 Å². The molecular formula is C26H24Cl3N5O2. The zero-order chi connectivity index (χ0) is 25.2. The van der Waals surface area contributed by atoms with Crippen molar-refractivity contribution in [2.24, 2.45) is 0 Å². The number of aromatic nitrogens is 2. The van der Waals surface area contributed by atoms with Gasteiger partial charge < -0.3 is 14.7 Å². The van der Waals surface area contributed by atoms with Crippen molar-refractivity contribution in [1.82, 2.24) is 20.0 Å². The van der Waals surface area contributed by atoms with Crippen LogP contribution >= 0.6 is 34.8 Å². The number of hydrogen-bond acceptors (Lipinski definition) is 5. The molecule has 0 bridgehead atoms. The van der Waals surface area contributed by atoms with E-state index in [0.717, 1.165) is 24.2 Å². The zero-order valence-electron chi connectivity index (χ0n) is 19.4. The zero-order valence-corrected chi connectivity index (χ0v) is 21.7. The molecule has 186 valence electrons. The van der Waals surface area contributed by atoms with Crippen LogP contribution in [0.4, 0.5) is 5.82 Å². The molecule has 36 heavy (non-hydrogen) atoms. The summed E-state index contributed by atoms with van der Waals surface area (Å²) in [7, 11) is 0. The molecule has 0 radical (unpaired) electrons. The van der Waals surface area contributed by atoms with Crippen molar-refractivity contribution >= 4 is 52.4 Å². The highest BCUT2D eigenvalue weighted by Gasteiger charge is 2.35. The lowest BCUT2D eigenvalue weighted by Crippen LogP contribution is -2.52. The van der Waals surface area contributed by atoms with Crippen molar-refractivity contribution < 1.29 is 9.59 Å². The van der Waals surface area contributed by atoms with Crippen LogP contribution in [0, 0.1) is 0 Å². The van der Waals surface area contributed by atoms with Crippen molar-refractivity contribution in [1.29, 1.82) is 0 Å². The number of hydrogen-bond donors (Lipinski definition) is 0. The number of halogens is 3. The Morgan fingerprint density at radius 1 is 0.861 bits per heavy atom. The lowest BCUT2D eigenvalue weighted by molar-refractivity contribution is -0.132. The Morgan fingerprint density at radius 3 is 2.17 bits per heavy atom. The first kappa shape index (κ1) is 24.8. The highest BCUT2D eigenvalue weighted by molar-refractivity contribution is 6.36. The minimum Gasteiger partial charge on any atom is -0.352 e. The average molecular weight is 545 g/mol. The van der Waals surface area contributed by atoms with E-state index in [0.29, 0.717) is 52.5 Å². The number of benzene rings is 2. The Labute approximate surface area is 224 Å². The van der Waals surface area contributed by atoms with Gasteiger partial charge in [0.1, 0.15) is 6.54 Å². The number of rotatable bonds is 6. The van der Waals surface area contributed by atoms with Gasteiger partial charge in [-0.15, -0.1) is 10.2 Å². The number of piperazine rings is 1. The van der Waals surface area contributed by atoms with Gasteiger partial charge in [-0.2, -0.15) is 0 Å². The second-order valence-electron chi connectivity index (χ2n) is 8.94. The minimum absolute atomic E-state index is 0.0392. The minimum atomic E-state index is -0.127. The molecule has 0 spiro atoms. The number of carbonyl (C=O) groups excluding carboxylic acids is 2. The van der Waals surface area contributed by atoms with E-state index in [9.17, 15) is 9.59 Å². The first-order valence-corrected chi connectivity index (χ1v) is 12.9. The monoisotopic (exact) mass is 543 g/mol. The number of carbonyl (C=O) groups is 2. The molecule has 2 fully saturated rings. The summed E-state index contributed by atoms with van der Waals surface area (Å²) in [6.45, 7) is 2.46. The predicted molar refractivity (Wildman–Crippen MR) is 142 cm³/mol. The summed E-state index contributed by atoms with van der Waals surface area (Å²) in [5, 5.41) is 10.4. The fraction of sp³-hybridized carbons (Fsp3) is 0.308. The van der Waals surface area contributed by atoms with Gasteiger partial charge >= 0.3 is 0 Å². The molecule has 2 amide bonds. The van der Waals surface area contributed by atoms with Crippen LogP contribution in [0.2, 0.25) is 15.1 Å². The fourth-order valence-corrected chi connectivity index (χ4v) is 4.91. The summed E-state index contributed by atoms with van der Waals surface area (Å²) < 4.78 is 0. The summed E-state index contributed by atoms with van der Waals surface area (Å²) in [6, 6.07) is 16.0. The lowest BCUT2D eigenvalue weighted by atomic mass is 10.1. The van der Waals surface area contributed by atoms with E-state index in [2.05, 4.69) is 15.1 Å². The fourth-order valence-electron chi connectivity index (χ4n) is 4.28. The van der Waals surface area contributed by atoms with Crippen molar-refractivity contribution in [3.05, 3.63) is 75.2 Å². The normalized spacial score (nSPS) is 15.6. The van der Waals surface area contributed by atoms with Gasteiger partial charge in [0.05, 0.1) is 10.7 Å².